The van der Waals surface area contributed by atoms with Gasteiger partial charge < -0.3 is 33.8 Å². The summed E-state index contributed by atoms with van der Waals surface area (Å²) in [4.78, 5) is 73.0. The smallest absolute Gasteiger partial charge is 0.462 e. The Kier molecular flexibility index (Phi) is 72.5. The molecule has 0 heterocycles. The van der Waals surface area contributed by atoms with Crippen LogP contribution in [0.3, 0.4) is 0 Å². The molecule has 0 aromatic carbocycles. The third-order valence-electron chi connectivity index (χ3n) is 18.1. The van der Waals surface area contributed by atoms with E-state index in [1.54, 1.807) is 0 Å². The summed E-state index contributed by atoms with van der Waals surface area (Å²) in [6, 6.07) is 0. The van der Waals surface area contributed by atoms with E-state index < -0.39 is 97.5 Å². The highest BCUT2D eigenvalue weighted by atomic mass is 31.2. The van der Waals surface area contributed by atoms with Gasteiger partial charge in [0, 0.05) is 25.7 Å². The normalized spacial score (nSPS) is 14.0. The van der Waals surface area contributed by atoms with E-state index in [2.05, 4.69) is 64.2 Å². The number of carbonyl (C=O) groups excluding carboxylic acids is 4. The number of aliphatic hydroxyl groups is 1. The third-order valence-corrected chi connectivity index (χ3v) is 20.0. The highest BCUT2D eigenvalue weighted by Gasteiger charge is 2.30. The molecule has 0 aliphatic carbocycles. The molecule has 0 aromatic rings. The molecule has 0 spiro atoms. The van der Waals surface area contributed by atoms with Gasteiger partial charge in [0.05, 0.1) is 26.4 Å². The highest BCUT2D eigenvalue weighted by molar-refractivity contribution is 7.47. The number of phosphoric ester groups is 2. The quantitative estimate of drug-likeness (QED) is 0.0169. The lowest BCUT2D eigenvalue weighted by molar-refractivity contribution is -0.161. The lowest BCUT2D eigenvalue weighted by Crippen LogP contribution is -2.30. The molecule has 2 unspecified atom stereocenters. The van der Waals surface area contributed by atoms with Crippen LogP contribution < -0.4 is 0 Å². The number of phosphoric acid groups is 2. The third kappa shape index (κ3) is 73.6. The van der Waals surface area contributed by atoms with Gasteiger partial charge in [-0.2, -0.15) is 0 Å². The van der Waals surface area contributed by atoms with E-state index in [0.717, 1.165) is 128 Å². The SMILES string of the molecule is CCCCC/C=C\C/C=C\CCCCCCCC(=O)OC[C@H](COP(=O)(O)OC[C@@H](O)COP(=O)(O)OC[C@@H](COC(=O)CCCCCCCCCCCCCCCCC)OC(=O)CCCCCCCCCCCCCCCCC)OC(=O)CCCCCCC/C=C\CCCCCCCC. The van der Waals surface area contributed by atoms with Crippen LogP contribution in [0.2, 0.25) is 0 Å². The summed E-state index contributed by atoms with van der Waals surface area (Å²) >= 11 is 0. The molecule has 0 aliphatic heterocycles. The van der Waals surface area contributed by atoms with Gasteiger partial charge in [-0.1, -0.05) is 327 Å². The van der Waals surface area contributed by atoms with Gasteiger partial charge in [-0.15, -0.1) is 0 Å². The maximum atomic E-state index is 13.1. The molecule has 0 aliphatic rings. The van der Waals surface area contributed by atoms with E-state index in [1.165, 1.54) is 193 Å². The summed E-state index contributed by atoms with van der Waals surface area (Å²) in [5.74, 6) is -2.15. The molecule has 0 saturated heterocycles. The topological polar surface area (TPSA) is 237 Å². The summed E-state index contributed by atoms with van der Waals surface area (Å²) in [5.41, 5.74) is 0. The first-order valence-corrected chi connectivity index (χ1v) is 44.2. The van der Waals surface area contributed by atoms with Crippen LogP contribution in [0, 0.1) is 0 Å². The van der Waals surface area contributed by atoms with Gasteiger partial charge in [0.2, 0.25) is 0 Å². The zero-order valence-electron chi connectivity index (χ0n) is 64.4. The van der Waals surface area contributed by atoms with Crippen LogP contribution in [0.5, 0.6) is 0 Å². The van der Waals surface area contributed by atoms with Gasteiger partial charge >= 0.3 is 39.5 Å². The van der Waals surface area contributed by atoms with Crippen LogP contribution in [-0.4, -0.2) is 96.7 Å². The van der Waals surface area contributed by atoms with Crippen LogP contribution in [0.25, 0.3) is 0 Å². The molecule has 100 heavy (non-hydrogen) atoms. The van der Waals surface area contributed by atoms with Crippen molar-refractivity contribution in [3.63, 3.8) is 0 Å². The molecule has 19 heteroatoms. The minimum absolute atomic E-state index is 0.0882. The van der Waals surface area contributed by atoms with E-state index in [0.29, 0.717) is 25.7 Å². The van der Waals surface area contributed by atoms with Gasteiger partial charge in [0.15, 0.2) is 12.2 Å². The van der Waals surface area contributed by atoms with E-state index in [-0.39, 0.29) is 25.7 Å². The van der Waals surface area contributed by atoms with Crippen LogP contribution in [-0.2, 0) is 65.4 Å². The molecule has 0 bridgehead atoms. The van der Waals surface area contributed by atoms with Gasteiger partial charge in [0.1, 0.15) is 19.3 Å². The van der Waals surface area contributed by atoms with Crippen molar-refractivity contribution in [1.82, 2.24) is 0 Å². The number of esters is 4. The monoisotopic (exact) mass is 1460 g/mol. The van der Waals surface area contributed by atoms with Crippen LogP contribution >= 0.6 is 15.6 Å². The maximum Gasteiger partial charge on any atom is 0.472 e. The van der Waals surface area contributed by atoms with Crippen molar-refractivity contribution >= 4 is 39.5 Å². The molecule has 3 N–H and O–H groups in total. The summed E-state index contributed by atoms with van der Waals surface area (Å²) in [6.45, 7) is 4.93. The second kappa shape index (κ2) is 74.5. The van der Waals surface area contributed by atoms with Crippen molar-refractivity contribution in [2.45, 2.75) is 418 Å². The summed E-state index contributed by atoms with van der Waals surface area (Å²) in [6.07, 6.45) is 71.1. The second-order valence-electron chi connectivity index (χ2n) is 28.1. The Morgan fingerprint density at radius 3 is 0.770 bits per heavy atom. The predicted molar refractivity (Wildman–Crippen MR) is 409 cm³/mol. The fourth-order valence-electron chi connectivity index (χ4n) is 11.8. The van der Waals surface area contributed by atoms with Crippen molar-refractivity contribution in [3.05, 3.63) is 36.5 Å². The van der Waals surface area contributed by atoms with E-state index in [1.807, 2.05) is 0 Å². The standard InChI is InChI=1S/C81H152O17P2/c1-5-9-13-17-21-25-29-33-37-41-45-49-53-57-61-65-78(83)91-71-76(97-80(85)67-63-59-55-51-47-43-39-35-31-27-23-19-15-11-7-3)73-95-99(87,88)93-69-75(82)70-94-100(89,90)96-74-77(98-81(86)68-64-60-56-52-48-44-40-36-32-28-24-20-16-12-8-4)72-92-79(84)66-62-58-54-50-46-42-38-34-30-26-22-18-14-10-6-2/h21,25,33,35,37,39,75-77,82H,5-20,22-24,26-32,34,36,38,40-74H2,1-4H3,(H,87,88)(H,89,90)/b25-21-,37-33-,39-35-/t75-,76-,77-/m1/s1. The number of hydrogen-bond acceptors (Lipinski definition) is 15. The van der Waals surface area contributed by atoms with Crippen molar-refractivity contribution in [1.29, 1.82) is 0 Å². The first kappa shape index (κ1) is 97.3. The lowest BCUT2D eigenvalue weighted by atomic mass is 10.0. The second-order valence-corrected chi connectivity index (χ2v) is 31.0. The van der Waals surface area contributed by atoms with Gasteiger partial charge in [-0.25, -0.2) is 9.13 Å². The average Bonchev–Trinajstić information content (AvgIpc) is 1.01. The fraction of sp³-hybridized carbons (Fsp3) is 0.877. The molecule has 0 rings (SSSR count). The molecule has 17 nitrogen and oxygen atoms in total. The van der Waals surface area contributed by atoms with Gasteiger partial charge in [-0.3, -0.25) is 37.3 Å². The van der Waals surface area contributed by atoms with Gasteiger partial charge in [0.25, 0.3) is 0 Å². The van der Waals surface area contributed by atoms with E-state index in [4.69, 9.17) is 37.0 Å². The Morgan fingerprint density at radius 2 is 0.490 bits per heavy atom. The summed E-state index contributed by atoms with van der Waals surface area (Å²) in [5, 5.41) is 10.6. The Labute approximate surface area is 611 Å². The molecular weight excluding hydrogens is 1310 g/mol. The zero-order valence-corrected chi connectivity index (χ0v) is 66.2. The van der Waals surface area contributed by atoms with Crippen molar-refractivity contribution < 1.29 is 80.2 Å². The predicted octanol–water partition coefficient (Wildman–Crippen LogP) is 23.9. The van der Waals surface area contributed by atoms with E-state index in [9.17, 15) is 43.2 Å². The number of aliphatic hydroxyl groups excluding tert-OH is 1. The number of hydrogen-bond donors (Lipinski definition) is 3. The number of unbranched alkanes of at least 4 members (excludes halogenated alkanes) is 47. The highest BCUT2D eigenvalue weighted by Crippen LogP contribution is 2.45. The fourth-order valence-corrected chi connectivity index (χ4v) is 13.4. The summed E-state index contributed by atoms with van der Waals surface area (Å²) in [7, 11) is -9.94. The number of ether oxygens (including phenoxy) is 4. The van der Waals surface area contributed by atoms with Crippen molar-refractivity contribution in [2.24, 2.45) is 0 Å². The largest absolute Gasteiger partial charge is 0.472 e. The summed E-state index contributed by atoms with van der Waals surface area (Å²) < 4.78 is 68.7. The minimum atomic E-state index is -4.97. The molecule has 0 radical (unpaired) electrons. The van der Waals surface area contributed by atoms with Gasteiger partial charge in [-0.05, 0) is 83.5 Å². The van der Waals surface area contributed by atoms with Crippen molar-refractivity contribution in [3.8, 4) is 0 Å². The molecular formula is C81H152O17P2. The number of carbonyl (C=O) groups is 4. The maximum absolute atomic E-state index is 13.1. The minimum Gasteiger partial charge on any atom is -0.462 e. The Hall–Kier alpha value is -2.72. The molecule has 588 valence electrons. The molecule has 0 fully saturated rings. The molecule has 0 saturated carbocycles. The first-order valence-electron chi connectivity index (χ1n) is 41.2. The zero-order chi connectivity index (χ0) is 73.2. The Bertz CT molecular complexity index is 2040. The average molecular weight is 1460 g/mol. The van der Waals surface area contributed by atoms with Crippen LogP contribution in [0.15, 0.2) is 36.5 Å². The Balaban J connectivity index is 5.32. The van der Waals surface area contributed by atoms with Crippen molar-refractivity contribution in [2.75, 3.05) is 39.6 Å². The van der Waals surface area contributed by atoms with Crippen LogP contribution in [0.4, 0.5) is 0 Å². The van der Waals surface area contributed by atoms with Crippen LogP contribution in [0.1, 0.15) is 400 Å². The molecule has 5 atom stereocenters. The van der Waals surface area contributed by atoms with E-state index >= 15 is 0 Å². The lowest BCUT2D eigenvalue weighted by Gasteiger charge is -2.21. The number of rotatable bonds is 79. The number of allylic oxidation sites excluding steroid dienone is 6. The molecule has 0 aromatic heterocycles. The Morgan fingerprint density at radius 1 is 0.280 bits per heavy atom. The molecule has 0 amide bonds. The first-order chi connectivity index (χ1) is 48.7.